The number of urea groups is 1. The standard InChI is InChI=1S/C17H22N2O4S/c1-22-15-4-3-12(9-16(15)23-2)10-19-17(21)18-7-5-14(20)13-6-8-24-11-13/h3-4,6,8-9,11,14,20H,5,7,10H2,1-2H3,(H2,18,19,21). The van der Waals surface area contributed by atoms with Gasteiger partial charge in [-0.2, -0.15) is 11.3 Å². The molecule has 1 aromatic heterocycles. The van der Waals surface area contributed by atoms with Crippen LogP contribution in [0.4, 0.5) is 4.79 Å². The third-order valence-corrected chi connectivity index (χ3v) is 4.23. The second-order valence-electron chi connectivity index (χ2n) is 5.16. The first kappa shape index (κ1) is 18.1. The van der Waals surface area contributed by atoms with Crippen LogP contribution in [-0.4, -0.2) is 31.9 Å². The molecular weight excluding hydrogens is 328 g/mol. The maximum Gasteiger partial charge on any atom is 0.315 e. The van der Waals surface area contributed by atoms with Crippen LogP contribution < -0.4 is 20.1 Å². The average Bonchev–Trinajstić information content (AvgIpc) is 3.14. The van der Waals surface area contributed by atoms with E-state index >= 15 is 0 Å². The Kier molecular flexibility index (Phi) is 6.89. The zero-order chi connectivity index (χ0) is 17.4. The Morgan fingerprint density at radius 2 is 2.00 bits per heavy atom. The molecule has 0 fully saturated rings. The number of aliphatic hydroxyl groups excluding tert-OH is 1. The normalized spacial score (nSPS) is 11.6. The van der Waals surface area contributed by atoms with Gasteiger partial charge in [-0.1, -0.05) is 6.07 Å². The lowest BCUT2D eigenvalue weighted by atomic mass is 10.1. The van der Waals surface area contributed by atoms with E-state index in [0.717, 1.165) is 11.1 Å². The molecule has 2 aromatic rings. The number of ether oxygens (including phenoxy) is 2. The van der Waals surface area contributed by atoms with Crippen LogP contribution in [0.2, 0.25) is 0 Å². The minimum Gasteiger partial charge on any atom is -0.493 e. The van der Waals surface area contributed by atoms with Gasteiger partial charge in [0.15, 0.2) is 11.5 Å². The van der Waals surface area contributed by atoms with Crippen LogP contribution in [0.1, 0.15) is 23.7 Å². The summed E-state index contributed by atoms with van der Waals surface area (Å²) in [5.41, 5.74) is 1.79. The van der Waals surface area contributed by atoms with Gasteiger partial charge in [0, 0.05) is 13.1 Å². The van der Waals surface area contributed by atoms with E-state index in [1.165, 1.54) is 0 Å². The molecule has 0 bridgehead atoms. The predicted octanol–water partition coefficient (Wildman–Crippen LogP) is 2.69. The molecule has 7 heteroatoms. The van der Waals surface area contributed by atoms with E-state index in [-0.39, 0.29) is 6.03 Å². The molecule has 3 N–H and O–H groups in total. The van der Waals surface area contributed by atoms with Crippen LogP contribution in [0.25, 0.3) is 0 Å². The van der Waals surface area contributed by atoms with Crippen molar-refractivity contribution in [2.24, 2.45) is 0 Å². The fraction of sp³-hybridized carbons (Fsp3) is 0.353. The zero-order valence-corrected chi connectivity index (χ0v) is 14.6. The topological polar surface area (TPSA) is 79.8 Å². The molecule has 2 rings (SSSR count). The summed E-state index contributed by atoms with van der Waals surface area (Å²) < 4.78 is 10.4. The van der Waals surface area contributed by atoms with E-state index in [9.17, 15) is 9.90 Å². The number of thiophene rings is 1. The number of amides is 2. The van der Waals surface area contributed by atoms with Gasteiger partial charge in [-0.15, -0.1) is 0 Å². The van der Waals surface area contributed by atoms with Crippen molar-refractivity contribution in [3.63, 3.8) is 0 Å². The summed E-state index contributed by atoms with van der Waals surface area (Å²) in [5, 5.41) is 19.3. The maximum absolute atomic E-state index is 11.8. The van der Waals surface area contributed by atoms with Gasteiger partial charge in [0.05, 0.1) is 20.3 Å². The van der Waals surface area contributed by atoms with E-state index in [0.29, 0.717) is 31.0 Å². The molecule has 0 aliphatic heterocycles. The molecule has 1 heterocycles. The lowest BCUT2D eigenvalue weighted by molar-refractivity contribution is 0.167. The van der Waals surface area contributed by atoms with E-state index in [1.54, 1.807) is 31.6 Å². The first-order valence-corrected chi connectivity index (χ1v) is 8.51. The number of hydrogen-bond donors (Lipinski definition) is 3. The van der Waals surface area contributed by atoms with E-state index in [4.69, 9.17) is 9.47 Å². The summed E-state index contributed by atoms with van der Waals surface area (Å²) in [5.74, 6) is 1.27. The van der Waals surface area contributed by atoms with Gasteiger partial charge in [0.2, 0.25) is 0 Å². The fourth-order valence-corrected chi connectivity index (χ4v) is 2.90. The highest BCUT2D eigenvalue weighted by Gasteiger charge is 2.09. The number of nitrogens with one attached hydrogen (secondary N) is 2. The van der Waals surface area contributed by atoms with Crippen LogP contribution in [0.3, 0.4) is 0 Å². The number of aliphatic hydroxyl groups is 1. The van der Waals surface area contributed by atoms with E-state index < -0.39 is 6.10 Å². The fourth-order valence-electron chi connectivity index (χ4n) is 2.19. The quantitative estimate of drug-likeness (QED) is 0.684. The molecule has 0 aliphatic rings. The Hall–Kier alpha value is -2.25. The predicted molar refractivity (Wildman–Crippen MR) is 93.7 cm³/mol. The highest BCUT2D eigenvalue weighted by molar-refractivity contribution is 7.07. The maximum atomic E-state index is 11.8. The number of rotatable bonds is 8. The summed E-state index contributed by atoms with van der Waals surface area (Å²) in [7, 11) is 3.15. The number of carbonyl (C=O) groups excluding carboxylic acids is 1. The van der Waals surface area contributed by atoms with Crippen LogP contribution in [-0.2, 0) is 6.54 Å². The Labute approximate surface area is 145 Å². The summed E-state index contributed by atoms with van der Waals surface area (Å²) >= 11 is 1.54. The Bertz CT molecular complexity index is 646. The first-order valence-electron chi connectivity index (χ1n) is 7.56. The van der Waals surface area contributed by atoms with Gasteiger partial charge in [0.1, 0.15) is 0 Å². The second kappa shape index (κ2) is 9.14. The molecule has 2 amide bonds. The summed E-state index contributed by atoms with van der Waals surface area (Å²) in [6, 6.07) is 7.08. The smallest absolute Gasteiger partial charge is 0.315 e. The molecule has 0 spiro atoms. The zero-order valence-electron chi connectivity index (χ0n) is 13.7. The van der Waals surface area contributed by atoms with Crippen molar-refractivity contribution in [1.82, 2.24) is 10.6 Å². The number of methoxy groups -OCH3 is 2. The van der Waals surface area contributed by atoms with Crippen molar-refractivity contribution < 1.29 is 19.4 Å². The van der Waals surface area contributed by atoms with Crippen LogP contribution >= 0.6 is 11.3 Å². The molecule has 0 saturated heterocycles. The molecule has 1 atom stereocenters. The molecule has 6 nitrogen and oxygen atoms in total. The Morgan fingerprint density at radius 1 is 1.21 bits per heavy atom. The summed E-state index contributed by atoms with van der Waals surface area (Å²) in [6.07, 6.45) is -0.0806. The third kappa shape index (κ3) is 5.14. The van der Waals surface area contributed by atoms with Gasteiger partial charge >= 0.3 is 6.03 Å². The average molecular weight is 350 g/mol. The van der Waals surface area contributed by atoms with Crippen molar-refractivity contribution in [2.75, 3.05) is 20.8 Å². The largest absolute Gasteiger partial charge is 0.493 e. The van der Waals surface area contributed by atoms with Crippen molar-refractivity contribution in [3.8, 4) is 11.5 Å². The van der Waals surface area contributed by atoms with Crippen molar-refractivity contribution in [3.05, 3.63) is 46.2 Å². The molecule has 24 heavy (non-hydrogen) atoms. The van der Waals surface area contributed by atoms with Crippen molar-refractivity contribution >= 4 is 17.4 Å². The molecule has 0 aliphatic carbocycles. The monoisotopic (exact) mass is 350 g/mol. The molecule has 1 aromatic carbocycles. The van der Waals surface area contributed by atoms with Crippen LogP contribution in [0.15, 0.2) is 35.0 Å². The first-order chi connectivity index (χ1) is 11.6. The molecule has 130 valence electrons. The van der Waals surface area contributed by atoms with Crippen molar-refractivity contribution in [1.29, 1.82) is 0 Å². The van der Waals surface area contributed by atoms with Gasteiger partial charge in [0.25, 0.3) is 0 Å². The Morgan fingerprint density at radius 3 is 2.67 bits per heavy atom. The van der Waals surface area contributed by atoms with E-state index in [2.05, 4.69) is 10.6 Å². The van der Waals surface area contributed by atoms with Gasteiger partial charge in [-0.3, -0.25) is 0 Å². The molecular formula is C17H22N2O4S. The van der Waals surface area contributed by atoms with Crippen LogP contribution in [0.5, 0.6) is 11.5 Å². The minimum absolute atomic E-state index is 0.276. The summed E-state index contributed by atoms with van der Waals surface area (Å²) in [4.78, 5) is 11.8. The molecule has 0 radical (unpaired) electrons. The lowest BCUT2D eigenvalue weighted by Gasteiger charge is -2.12. The second-order valence-corrected chi connectivity index (χ2v) is 5.94. The van der Waals surface area contributed by atoms with Crippen LogP contribution in [0, 0.1) is 0 Å². The molecule has 1 unspecified atom stereocenters. The van der Waals surface area contributed by atoms with Gasteiger partial charge in [-0.05, 0) is 46.5 Å². The SMILES string of the molecule is COc1ccc(CNC(=O)NCCC(O)c2ccsc2)cc1OC. The third-order valence-electron chi connectivity index (χ3n) is 3.53. The van der Waals surface area contributed by atoms with Gasteiger partial charge < -0.3 is 25.2 Å². The summed E-state index contributed by atoms with van der Waals surface area (Å²) in [6.45, 7) is 0.772. The Balaban J connectivity index is 1.73. The highest BCUT2D eigenvalue weighted by Crippen LogP contribution is 2.27. The minimum atomic E-state index is -0.553. The highest BCUT2D eigenvalue weighted by atomic mass is 32.1. The number of benzene rings is 1. The van der Waals surface area contributed by atoms with Gasteiger partial charge in [-0.25, -0.2) is 4.79 Å². The van der Waals surface area contributed by atoms with E-state index in [1.807, 2.05) is 29.0 Å². The molecule has 0 saturated carbocycles. The lowest BCUT2D eigenvalue weighted by Crippen LogP contribution is -2.36. The number of hydrogen-bond acceptors (Lipinski definition) is 5. The van der Waals surface area contributed by atoms with Crippen molar-refractivity contribution in [2.45, 2.75) is 19.1 Å². The number of carbonyl (C=O) groups is 1.